The Kier molecular flexibility index (Phi) is 2.85. The third kappa shape index (κ3) is 2.48. The molecular weight excluding hydrogens is 172 g/mol. The van der Waals surface area contributed by atoms with E-state index in [-0.39, 0.29) is 0 Å². The summed E-state index contributed by atoms with van der Waals surface area (Å²) in [6.07, 6.45) is 2.95. The van der Waals surface area contributed by atoms with E-state index in [9.17, 15) is 0 Å². The maximum atomic E-state index is 3.52. The molecule has 2 nitrogen and oxygen atoms in total. The Labute approximate surface area is 88.1 Å². The van der Waals surface area contributed by atoms with E-state index in [4.69, 9.17) is 0 Å². The van der Waals surface area contributed by atoms with Gasteiger partial charge >= 0.3 is 0 Å². The molecule has 1 N–H and O–H groups in total. The number of piperazine rings is 1. The van der Waals surface area contributed by atoms with Gasteiger partial charge in [0.15, 0.2) is 0 Å². The van der Waals surface area contributed by atoms with Gasteiger partial charge in [-0.05, 0) is 24.2 Å². The van der Waals surface area contributed by atoms with Crippen LogP contribution in [0, 0.1) is 11.3 Å². The lowest BCUT2D eigenvalue weighted by Gasteiger charge is -2.43. The van der Waals surface area contributed by atoms with Gasteiger partial charge in [0.1, 0.15) is 0 Å². The van der Waals surface area contributed by atoms with Gasteiger partial charge in [0, 0.05) is 32.2 Å². The van der Waals surface area contributed by atoms with E-state index in [1.807, 2.05) is 0 Å². The van der Waals surface area contributed by atoms with E-state index in [1.54, 1.807) is 0 Å². The quantitative estimate of drug-likeness (QED) is 0.723. The first-order valence-corrected chi connectivity index (χ1v) is 6.02. The predicted molar refractivity (Wildman–Crippen MR) is 60.4 cm³/mol. The fraction of sp³-hybridized carbons (Fsp3) is 1.00. The second-order valence-corrected chi connectivity index (χ2v) is 6.02. The highest BCUT2D eigenvalue weighted by Crippen LogP contribution is 2.33. The normalized spacial score (nSPS) is 30.6. The lowest BCUT2D eigenvalue weighted by Crippen LogP contribution is -2.56. The third-order valence-electron chi connectivity index (χ3n) is 3.54. The van der Waals surface area contributed by atoms with Gasteiger partial charge in [-0.15, -0.1) is 0 Å². The smallest absolute Gasteiger partial charge is 0.0269 e. The Morgan fingerprint density at radius 3 is 2.57 bits per heavy atom. The highest BCUT2D eigenvalue weighted by molar-refractivity contribution is 4.91. The summed E-state index contributed by atoms with van der Waals surface area (Å²) in [7, 11) is 0. The van der Waals surface area contributed by atoms with Crippen molar-refractivity contribution >= 4 is 0 Å². The zero-order valence-corrected chi connectivity index (χ0v) is 9.84. The molecule has 0 amide bonds. The van der Waals surface area contributed by atoms with Gasteiger partial charge in [-0.2, -0.15) is 0 Å². The molecule has 0 radical (unpaired) electrons. The second-order valence-electron chi connectivity index (χ2n) is 6.02. The summed E-state index contributed by atoms with van der Waals surface area (Å²) in [5.74, 6) is 1.03. The van der Waals surface area contributed by atoms with Gasteiger partial charge in [-0.1, -0.05) is 20.8 Å². The van der Waals surface area contributed by atoms with Crippen LogP contribution >= 0.6 is 0 Å². The average molecular weight is 196 g/mol. The van der Waals surface area contributed by atoms with E-state index in [1.165, 1.54) is 39.0 Å². The van der Waals surface area contributed by atoms with Crippen molar-refractivity contribution in [1.82, 2.24) is 10.2 Å². The zero-order chi connectivity index (χ0) is 10.2. The van der Waals surface area contributed by atoms with Gasteiger partial charge in [0.2, 0.25) is 0 Å². The summed E-state index contributed by atoms with van der Waals surface area (Å²) in [5, 5.41) is 3.52. The van der Waals surface area contributed by atoms with Crippen LogP contribution in [0.2, 0.25) is 0 Å². The SMILES string of the molecule is CC(C)(C)[C@@H]1CNCCN1CC1CC1. The Morgan fingerprint density at radius 1 is 1.29 bits per heavy atom. The summed E-state index contributed by atoms with van der Waals surface area (Å²) >= 11 is 0. The molecule has 2 heteroatoms. The molecule has 0 unspecified atom stereocenters. The van der Waals surface area contributed by atoms with Crippen LogP contribution in [-0.4, -0.2) is 37.1 Å². The maximum Gasteiger partial charge on any atom is 0.0269 e. The fourth-order valence-corrected chi connectivity index (χ4v) is 2.45. The average Bonchev–Trinajstić information content (AvgIpc) is 2.87. The summed E-state index contributed by atoms with van der Waals surface area (Å²) in [6.45, 7) is 12.1. The molecule has 1 saturated heterocycles. The van der Waals surface area contributed by atoms with Crippen LogP contribution in [0.1, 0.15) is 33.6 Å². The molecule has 0 aromatic rings. The first-order valence-electron chi connectivity index (χ1n) is 6.02. The third-order valence-corrected chi connectivity index (χ3v) is 3.54. The van der Waals surface area contributed by atoms with Crippen LogP contribution in [0.15, 0.2) is 0 Å². The molecule has 1 aliphatic heterocycles. The molecule has 0 aromatic carbocycles. The van der Waals surface area contributed by atoms with Crippen LogP contribution in [0.3, 0.4) is 0 Å². The van der Waals surface area contributed by atoms with E-state index in [2.05, 4.69) is 31.0 Å². The molecule has 2 rings (SSSR count). The second kappa shape index (κ2) is 3.82. The largest absolute Gasteiger partial charge is 0.314 e. The van der Waals surface area contributed by atoms with Gasteiger partial charge in [0.25, 0.3) is 0 Å². The number of hydrogen-bond acceptors (Lipinski definition) is 2. The molecule has 0 aromatic heterocycles. The van der Waals surface area contributed by atoms with Crippen LogP contribution < -0.4 is 5.32 Å². The standard InChI is InChI=1S/C12H24N2/c1-12(2,3)11-8-13-6-7-14(11)9-10-4-5-10/h10-11,13H,4-9H2,1-3H3/t11-/m0/s1. The Morgan fingerprint density at radius 2 is 2.00 bits per heavy atom. The van der Waals surface area contributed by atoms with E-state index in [0.717, 1.165) is 12.0 Å². The van der Waals surface area contributed by atoms with Crippen LogP contribution in [-0.2, 0) is 0 Å². The lowest BCUT2D eigenvalue weighted by atomic mass is 9.84. The van der Waals surface area contributed by atoms with Gasteiger partial charge in [-0.3, -0.25) is 4.90 Å². The van der Waals surface area contributed by atoms with Crippen molar-refractivity contribution in [2.75, 3.05) is 26.2 Å². The minimum atomic E-state index is 0.419. The molecule has 0 bridgehead atoms. The zero-order valence-electron chi connectivity index (χ0n) is 9.84. The first-order chi connectivity index (χ1) is 6.57. The summed E-state index contributed by atoms with van der Waals surface area (Å²) in [5.41, 5.74) is 0.419. The molecule has 1 saturated carbocycles. The Hall–Kier alpha value is -0.0800. The molecule has 1 aliphatic carbocycles. The van der Waals surface area contributed by atoms with Crippen molar-refractivity contribution in [2.24, 2.45) is 11.3 Å². The van der Waals surface area contributed by atoms with E-state index in [0.29, 0.717) is 5.41 Å². The van der Waals surface area contributed by atoms with Crippen LogP contribution in [0.25, 0.3) is 0 Å². The minimum Gasteiger partial charge on any atom is -0.314 e. The Bertz CT molecular complexity index is 191. The van der Waals surface area contributed by atoms with Crippen molar-refractivity contribution in [2.45, 2.75) is 39.7 Å². The highest BCUT2D eigenvalue weighted by Gasteiger charge is 2.35. The molecule has 0 spiro atoms. The summed E-state index contributed by atoms with van der Waals surface area (Å²) in [6, 6.07) is 0.733. The molecule has 2 aliphatic rings. The molecule has 1 atom stereocenters. The van der Waals surface area contributed by atoms with Crippen LogP contribution in [0.4, 0.5) is 0 Å². The fourth-order valence-electron chi connectivity index (χ4n) is 2.45. The van der Waals surface area contributed by atoms with Gasteiger partial charge in [-0.25, -0.2) is 0 Å². The van der Waals surface area contributed by atoms with Crippen LogP contribution in [0.5, 0.6) is 0 Å². The van der Waals surface area contributed by atoms with E-state index >= 15 is 0 Å². The Balaban J connectivity index is 1.95. The van der Waals surface area contributed by atoms with Crippen molar-refractivity contribution in [3.8, 4) is 0 Å². The number of nitrogens with zero attached hydrogens (tertiary/aromatic N) is 1. The van der Waals surface area contributed by atoms with Crippen molar-refractivity contribution < 1.29 is 0 Å². The molecule has 1 heterocycles. The predicted octanol–water partition coefficient (Wildman–Crippen LogP) is 1.72. The van der Waals surface area contributed by atoms with Crippen molar-refractivity contribution in [1.29, 1.82) is 0 Å². The van der Waals surface area contributed by atoms with E-state index < -0.39 is 0 Å². The van der Waals surface area contributed by atoms with Gasteiger partial charge in [0.05, 0.1) is 0 Å². The minimum absolute atomic E-state index is 0.419. The highest BCUT2D eigenvalue weighted by atomic mass is 15.2. The molecule has 2 fully saturated rings. The molecule has 14 heavy (non-hydrogen) atoms. The summed E-state index contributed by atoms with van der Waals surface area (Å²) < 4.78 is 0. The van der Waals surface area contributed by atoms with Gasteiger partial charge < -0.3 is 5.32 Å². The lowest BCUT2D eigenvalue weighted by molar-refractivity contribution is 0.0714. The monoisotopic (exact) mass is 196 g/mol. The first kappa shape index (κ1) is 10.4. The molecular formula is C12H24N2. The molecule has 82 valence electrons. The van der Waals surface area contributed by atoms with Crippen molar-refractivity contribution in [3.05, 3.63) is 0 Å². The number of nitrogens with one attached hydrogen (secondary N) is 1. The maximum absolute atomic E-state index is 3.52. The van der Waals surface area contributed by atoms with Crippen molar-refractivity contribution in [3.63, 3.8) is 0 Å². The summed E-state index contributed by atoms with van der Waals surface area (Å²) in [4.78, 5) is 2.72. The number of hydrogen-bond donors (Lipinski definition) is 1. The number of rotatable bonds is 2. The topological polar surface area (TPSA) is 15.3 Å².